The summed E-state index contributed by atoms with van der Waals surface area (Å²) in [5.41, 5.74) is 7.49. The van der Waals surface area contributed by atoms with Gasteiger partial charge in [-0.05, 0) is 36.3 Å². The maximum atomic E-state index is 6.38. The molecule has 2 rings (SSSR count). The first kappa shape index (κ1) is 13.3. The molecule has 0 aromatic carbocycles. The zero-order valence-corrected chi connectivity index (χ0v) is 11.4. The Morgan fingerprint density at radius 3 is 2.67 bits per heavy atom. The molecule has 1 fully saturated rings. The molecule has 1 aliphatic rings. The second-order valence-electron chi connectivity index (χ2n) is 5.37. The zero-order chi connectivity index (χ0) is 13.0. The summed E-state index contributed by atoms with van der Waals surface area (Å²) in [7, 11) is 1.67. The number of nitrogens with two attached hydrogens (primary N) is 1. The standard InChI is InChI=1S/C15H24N2O/c1-3-11-4-6-12(7-5-11)15(16)13-8-14(18-2)10-17-9-13/h8-12,15H,3-7,16H2,1-2H3. The molecular weight excluding hydrogens is 224 g/mol. The van der Waals surface area contributed by atoms with Crippen LogP contribution in [0.15, 0.2) is 18.5 Å². The summed E-state index contributed by atoms with van der Waals surface area (Å²) in [5.74, 6) is 2.31. The van der Waals surface area contributed by atoms with Gasteiger partial charge in [0.1, 0.15) is 5.75 Å². The molecule has 0 radical (unpaired) electrons. The summed E-state index contributed by atoms with van der Waals surface area (Å²) in [6.07, 6.45) is 10.1. The molecule has 1 aromatic heterocycles. The first-order valence-corrected chi connectivity index (χ1v) is 6.99. The van der Waals surface area contributed by atoms with Gasteiger partial charge in [0.05, 0.1) is 13.3 Å². The van der Waals surface area contributed by atoms with Crippen molar-refractivity contribution >= 4 is 0 Å². The summed E-state index contributed by atoms with van der Waals surface area (Å²) in [6.45, 7) is 2.29. The van der Waals surface area contributed by atoms with Crippen molar-refractivity contribution in [2.24, 2.45) is 17.6 Å². The van der Waals surface area contributed by atoms with Crippen LogP contribution in [0.1, 0.15) is 50.6 Å². The molecule has 1 aliphatic carbocycles. The van der Waals surface area contributed by atoms with E-state index in [9.17, 15) is 0 Å². The fraction of sp³-hybridized carbons (Fsp3) is 0.667. The van der Waals surface area contributed by atoms with E-state index in [2.05, 4.69) is 11.9 Å². The Bertz CT molecular complexity index is 373. The molecule has 1 unspecified atom stereocenters. The maximum Gasteiger partial charge on any atom is 0.137 e. The van der Waals surface area contributed by atoms with E-state index in [1.807, 2.05) is 12.3 Å². The summed E-state index contributed by atoms with van der Waals surface area (Å²) in [5, 5.41) is 0. The van der Waals surface area contributed by atoms with Gasteiger partial charge in [-0.2, -0.15) is 0 Å². The summed E-state index contributed by atoms with van der Waals surface area (Å²) >= 11 is 0. The van der Waals surface area contributed by atoms with Crippen LogP contribution >= 0.6 is 0 Å². The van der Waals surface area contributed by atoms with E-state index in [0.717, 1.165) is 17.2 Å². The highest BCUT2D eigenvalue weighted by atomic mass is 16.5. The molecule has 1 saturated carbocycles. The van der Waals surface area contributed by atoms with Crippen molar-refractivity contribution < 1.29 is 4.74 Å². The minimum Gasteiger partial charge on any atom is -0.495 e. The fourth-order valence-corrected chi connectivity index (χ4v) is 2.96. The van der Waals surface area contributed by atoms with E-state index >= 15 is 0 Å². The molecule has 0 bridgehead atoms. The van der Waals surface area contributed by atoms with Gasteiger partial charge in [0.2, 0.25) is 0 Å². The van der Waals surface area contributed by atoms with E-state index < -0.39 is 0 Å². The van der Waals surface area contributed by atoms with Crippen LogP contribution < -0.4 is 10.5 Å². The largest absolute Gasteiger partial charge is 0.495 e. The molecule has 0 aliphatic heterocycles. The monoisotopic (exact) mass is 248 g/mol. The molecule has 1 heterocycles. The number of aromatic nitrogens is 1. The van der Waals surface area contributed by atoms with Gasteiger partial charge in [0.15, 0.2) is 0 Å². The van der Waals surface area contributed by atoms with Gasteiger partial charge in [0, 0.05) is 12.2 Å². The van der Waals surface area contributed by atoms with Crippen molar-refractivity contribution in [3.05, 3.63) is 24.0 Å². The van der Waals surface area contributed by atoms with Crippen molar-refractivity contribution in [1.82, 2.24) is 4.98 Å². The van der Waals surface area contributed by atoms with Crippen molar-refractivity contribution in [3.8, 4) is 5.75 Å². The smallest absolute Gasteiger partial charge is 0.137 e. The fourth-order valence-electron chi connectivity index (χ4n) is 2.96. The normalized spacial score (nSPS) is 25.7. The molecule has 3 heteroatoms. The lowest BCUT2D eigenvalue weighted by atomic mass is 9.76. The molecule has 0 amide bonds. The quantitative estimate of drug-likeness (QED) is 0.889. The van der Waals surface area contributed by atoms with Gasteiger partial charge in [-0.15, -0.1) is 0 Å². The summed E-state index contributed by atoms with van der Waals surface area (Å²) in [4.78, 5) is 4.20. The average molecular weight is 248 g/mol. The second kappa shape index (κ2) is 6.19. The Hall–Kier alpha value is -1.09. The highest BCUT2D eigenvalue weighted by Gasteiger charge is 2.26. The zero-order valence-electron chi connectivity index (χ0n) is 11.4. The maximum absolute atomic E-state index is 6.38. The van der Waals surface area contributed by atoms with E-state index in [4.69, 9.17) is 10.5 Å². The average Bonchev–Trinajstić information content (AvgIpc) is 2.46. The molecular formula is C15H24N2O. The Morgan fingerprint density at radius 1 is 1.33 bits per heavy atom. The van der Waals surface area contributed by atoms with Crippen molar-refractivity contribution in [1.29, 1.82) is 0 Å². The van der Waals surface area contributed by atoms with Gasteiger partial charge < -0.3 is 10.5 Å². The van der Waals surface area contributed by atoms with Crippen LogP contribution in [0, 0.1) is 11.8 Å². The molecule has 100 valence electrons. The SMILES string of the molecule is CCC1CCC(C(N)c2cncc(OC)c2)CC1. The number of pyridine rings is 1. The van der Waals surface area contributed by atoms with Crippen molar-refractivity contribution in [2.75, 3.05) is 7.11 Å². The van der Waals surface area contributed by atoms with E-state index in [0.29, 0.717) is 5.92 Å². The molecule has 0 saturated heterocycles. The number of hydrogen-bond acceptors (Lipinski definition) is 3. The number of rotatable bonds is 4. The second-order valence-corrected chi connectivity index (χ2v) is 5.37. The Labute approximate surface area is 110 Å². The lowest BCUT2D eigenvalue weighted by Gasteiger charge is -2.31. The third-order valence-corrected chi connectivity index (χ3v) is 4.33. The van der Waals surface area contributed by atoms with E-state index in [1.54, 1.807) is 13.3 Å². The Kier molecular flexibility index (Phi) is 4.59. The van der Waals surface area contributed by atoms with Crippen LogP contribution in [0.4, 0.5) is 0 Å². The highest BCUT2D eigenvalue weighted by molar-refractivity contribution is 5.26. The molecule has 1 aromatic rings. The number of methoxy groups -OCH3 is 1. The summed E-state index contributed by atoms with van der Waals surface area (Å²) in [6, 6.07) is 2.12. The van der Waals surface area contributed by atoms with E-state index in [1.165, 1.54) is 32.1 Å². The lowest BCUT2D eigenvalue weighted by Crippen LogP contribution is -2.26. The van der Waals surface area contributed by atoms with Crippen molar-refractivity contribution in [2.45, 2.75) is 45.1 Å². The Morgan fingerprint density at radius 2 is 2.06 bits per heavy atom. The van der Waals surface area contributed by atoms with Gasteiger partial charge in [-0.3, -0.25) is 4.98 Å². The number of hydrogen-bond donors (Lipinski definition) is 1. The highest BCUT2D eigenvalue weighted by Crippen LogP contribution is 2.37. The molecule has 1 atom stereocenters. The van der Waals surface area contributed by atoms with Crippen molar-refractivity contribution in [3.63, 3.8) is 0 Å². The van der Waals surface area contributed by atoms with Crippen LogP contribution in [0.25, 0.3) is 0 Å². The van der Waals surface area contributed by atoms with Gasteiger partial charge in [-0.1, -0.05) is 26.2 Å². The van der Waals surface area contributed by atoms with E-state index in [-0.39, 0.29) is 6.04 Å². The molecule has 3 nitrogen and oxygen atoms in total. The topological polar surface area (TPSA) is 48.1 Å². The first-order valence-electron chi connectivity index (χ1n) is 6.99. The van der Waals surface area contributed by atoms with Crippen LogP contribution in [0.5, 0.6) is 5.75 Å². The molecule has 2 N–H and O–H groups in total. The number of ether oxygens (including phenoxy) is 1. The third-order valence-electron chi connectivity index (χ3n) is 4.33. The van der Waals surface area contributed by atoms with Crippen LogP contribution in [0.3, 0.4) is 0 Å². The summed E-state index contributed by atoms with van der Waals surface area (Å²) < 4.78 is 5.21. The minimum absolute atomic E-state index is 0.102. The van der Waals surface area contributed by atoms with Crippen LogP contribution in [-0.4, -0.2) is 12.1 Å². The third kappa shape index (κ3) is 3.02. The Balaban J connectivity index is 2.00. The number of nitrogens with zero attached hydrogens (tertiary/aromatic N) is 1. The van der Waals surface area contributed by atoms with Gasteiger partial charge >= 0.3 is 0 Å². The molecule has 0 spiro atoms. The lowest BCUT2D eigenvalue weighted by molar-refractivity contribution is 0.239. The first-order chi connectivity index (χ1) is 8.74. The van der Waals surface area contributed by atoms with Crippen LogP contribution in [0.2, 0.25) is 0 Å². The molecule has 18 heavy (non-hydrogen) atoms. The van der Waals surface area contributed by atoms with Gasteiger partial charge in [-0.25, -0.2) is 0 Å². The van der Waals surface area contributed by atoms with Gasteiger partial charge in [0.25, 0.3) is 0 Å². The predicted molar refractivity (Wildman–Crippen MR) is 73.5 cm³/mol. The van der Waals surface area contributed by atoms with Crippen LogP contribution in [-0.2, 0) is 0 Å². The minimum atomic E-state index is 0.102. The predicted octanol–water partition coefficient (Wildman–Crippen LogP) is 3.31.